The zero-order valence-corrected chi connectivity index (χ0v) is 12.6. The van der Waals surface area contributed by atoms with Crippen LogP contribution in [0.3, 0.4) is 0 Å². The summed E-state index contributed by atoms with van der Waals surface area (Å²) < 4.78 is 10.2. The van der Waals surface area contributed by atoms with Gasteiger partial charge in [-0.25, -0.2) is 4.79 Å². The Labute approximate surface area is 125 Å². The summed E-state index contributed by atoms with van der Waals surface area (Å²) in [6.07, 6.45) is 3.28. The van der Waals surface area contributed by atoms with Gasteiger partial charge in [-0.15, -0.1) is 0 Å². The van der Waals surface area contributed by atoms with Crippen LogP contribution in [0, 0.1) is 0 Å². The Hall–Kier alpha value is -1.75. The second-order valence-corrected chi connectivity index (χ2v) is 5.88. The summed E-state index contributed by atoms with van der Waals surface area (Å²) in [5.41, 5.74) is 0.283. The Kier molecular flexibility index (Phi) is 3.76. The highest BCUT2D eigenvalue weighted by molar-refractivity contribution is 5.85. The van der Waals surface area contributed by atoms with E-state index >= 15 is 0 Å². The molecule has 1 saturated carbocycles. The summed E-state index contributed by atoms with van der Waals surface area (Å²) in [4.78, 5) is 14.7. The fourth-order valence-electron chi connectivity index (χ4n) is 3.06. The third-order valence-corrected chi connectivity index (χ3v) is 4.41. The Morgan fingerprint density at radius 1 is 1.29 bits per heavy atom. The molecule has 1 unspecified atom stereocenters. The highest BCUT2D eigenvalue weighted by Gasteiger charge is 2.49. The number of benzene rings is 1. The number of esters is 1. The number of nitrogens with zero attached hydrogens (tertiary/aromatic N) is 1. The minimum Gasteiger partial charge on any atom is -0.497 e. The first-order valence-electron chi connectivity index (χ1n) is 7.41. The summed E-state index contributed by atoms with van der Waals surface area (Å²) in [7, 11) is 3.10. The van der Waals surface area contributed by atoms with Crippen molar-refractivity contribution in [3.05, 3.63) is 24.3 Å². The topological polar surface area (TPSA) is 50.8 Å². The molecule has 1 heterocycles. The zero-order valence-electron chi connectivity index (χ0n) is 12.6. The van der Waals surface area contributed by atoms with Crippen LogP contribution in [0.15, 0.2) is 24.3 Å². The standard InChI is InChI=1S/C16H22N2O3/c1-20-14-7-3-12(4-8-14)17-16(15(19)21-2)9-10-18(11-16)13-5-6-13/h3-4,7-8,13,17H,5-6,9-11H2,1-2H3. The second-order valence-electron chi connectivity index (χ2n) is 5.88. The monoisotopic (exact) mass is 290 g/mol. The van der Waals surface area contributed by atoms with Gasteiger partial charge in [-0.05, 0) is 43.5 Å². The summed E-state index contributed by atoms with van der Waals surface area (Å²) >= 11 is 0. The molecule has 0 bridgehead atoms. The molecule has 21 heavy (non-hydrogen) atoms. The molecule has 0 aromatic heterocycles. The first-order chi connectivity index (χ1) is 10.2. The minimum atomic E-state index is -0.633. The van der Waals surface area contributed by atoms with E-state index in [1.165, 1.54) is 20.0 Å². The quantitative estimate of drug-likeness (QED) is 0.839. The summed E-state index contributed by atoms with van der Waals surface area (Å²) in [5.74, 6) is 0.625. The van der Waals surface area contributed by atoms with Gasteiger partial charge >= 0.3 is 5.97 Å². The molecule has 1 aromatic carbocycles. The van der Waals surface area contributed by atoms with Crippen LogP contribution in [0.2, 0.25) is 0 Å². The number of likely N-dealkylation sites (tertiary alicyclic amines) is 1. The van der Waals surface area contributed by atoms with Crippen molar-refractivity contribution in [3.8, 4) is 5.75 Å². The van der Waals surface area contributed by atoms with Crippen LogP contribution < -0.4 is 10.1 Å². The Balaban J connectivity index is 1.77. The summed E-state index contributed by atoms with van der Waals surface area (Å²) in [6.45, 7) is 1.67. The lowest BCUT2D eigenvalue weighted by atomic mass is 9.98. The normalized spacial score (nSPS) is 25.6. The molecule has 5 heteroatoms. The first kappa shape index (κ1) is 14.2. The van der Waals surface area contributed by atoms with Crippen LogP contribution in [0.5, 0.6) is 5.75 Å². The van der Waals surface area contributed by atoms with Gasteiger partial charge in [0.1, 0.15) is 11.3 Å². The molecule has 1 aliphatic heterocycles. The van der Waals surface area contributed by atoms with Crippen LogP contribution in [-0.4, -0.2) is 49.8 Å². The van der Waals surface area contributed by atoms with Gasteiger partial charge in [-0.2, -0.15) is 0 Å². The number of methoxy groups -OCH3 is 2. The van der Waals surface area contributed by atoms with E-state index in [9.17, 15) is 4.79 Å². The van der Waals surface area contributed by atoms with Gasteiger partial charge in [0.2, 0.25) is 0 Å². The molecule has 0 amide bonds. The number of nitrogens with one attached hydrogen (secondary N) is 1. The minimum absolute atomic E-state index is 0.179. The molecule has 5 nitrogen and oxygen atoms in total. The third-order valence-electron chi connectivity index (χ3n) is 4.41. The molecule has 1 aromatic rings. The third kappa shape index (κ3) is 2.83. The van der Waals surface area contributed by atoms with Gasteiger partial charge in [0, 0.05) is 24.8 Å². The number of anilines is 1. The molecule has 3 rings (SSSR count). The number of carbonyl (C=O) groups is 1. The predicted molar refractivity (Wildman–Crippen MR) is 80.6 cm³/mol. The van der Waals surface area contributed by atoms with Crippen LogP contribution in [0.1, 0.15) is 19.3 Å². The number of ether oxygens (including phenoxy) is 2. The van der Waals surface area contributed by atoms with Crippen LogP contribution >= 0.6 is 0 Å². The molecule has 114 valence electrons. The molecule has 1 saturated heterocycles. The maximum absolute atomic E-state index is 12.3. The molecule has 0 spiro atoms. The smallest absolute Gasteiger partial charge is 0.332 e. The lowest BCUT2D eigenvalue weighted by molar-refractivity contribution is -0.145. The molecule has 0 radical (unpaired) electrons. The summed E-state index contributed by atoms with van der Waals surface area (Å²) in [6, 6.07) is 8.31. The fraction of sp³-hybridized carbons (Fsp3) is 0.562. The fourth-order valence-corrected chi connectivity index (χ4v) is 3.06. The number of hydrogen-bond acceptors (Lipinski definition) is 5. The molecule has 1 atom stereocenters. The van der Waals surface area contributed by atoms with Gasteiger partial charge < -0.3 is 14.8 Å². The van der Waals surface area contributed by atoms with Crippen LogP contribution in [-0.2, 0) is 9.53 Å². The van der Waals surface area contributed by atoms with Crippen molar-refractivity contribution in [2.24, 2.45) is 0 Å². The number of carbonyl (C=O) groups excluding carboxylic acids is 1. The van der Waals surface area contributed by atoms with Gasteiger partial charge in [0.25, 0.3) is 0 Å². The van der Waals surface area contributed by atoms with E-state index < -0.39 is 5.54 Å². The highest BCUT2D eigenvalue weighted by atomic mass is 16.5. The molecule has 2 aliphatic rings. The van der Waals surface area contributed by atoms with Crippen molar-refractivity contribution in [1.29, 1.82) is 0 Å². The van der Waals surface area contributed by atoms with E-state index in [0.717, 1.165) is 30.9 Å². The van der Waals surface area contributed by atoms with Crippen molar-refractivity contribution in [3.63, 3.8) is 0 Å². The molecular formula is C16H22N2O3. The number of rotatable bonds is 5. The van der Waals surface area contributed by atoms with E-state index in [1.807, 2.05) is 24.3 Å². The maximum atomic E-state index is 12.3. The van der Waals surface area contributed by atoms with Gasteiger partial charge in [0.05, 0.1) is 14.2 Å². The van der Waals surface area contributed by atoms with E-state index in [2.05, 4.69) is 10.2 Å². The van der Waals surface area contributed by atoms with Crippen molar-refractivity contribution < 1.29 is 14.3 Å². The van der Waals surface area contributed by atoms with Crippen molar-refractivity contribution in [1.82, 2.24) is 4.90 Å². The molecule has 1 aliphatic carbocycles. The van der Waals surface area contributed by atoms with Crippen molar-refractivity contribution in [2.75, 3.05) is 32.6 Å². The Morgan fingerprint density at radius 2 is 2.00 bits per heavy atom. The summed E-state index contributed by atoms with van der Waals surface area (Å²) in [5, 5.41) is 3.40. The van der Waals surface area contributed by atoms with Gasteiger partial charge in [0.15, 0.2) is 0 Å². The van der Waals surface area contributed by atoms with E-state index in [0.29, 0.717) is 6.04 Å². The van der Waals surface area contributed by atoms with Gasteiger partial charge in [-0.3, -0.25) is 4.90 Å². The molecular weight excluding hydrogens is 268 g/mol. The maximum Gasteiger partial charge on any atom is 0.332 e. The Bertz CT molecular complexity index is 513. The SMILES string of the molecule is COC(=O)C1(Nc2ccc(OC)cc2)CCN(C2CC2)C1. The van der Waals surface area contributed by atoms with Crippen LogP contribution in [0.4, 0.5) is 5.69 Å². The lowest BCUT2D eigenvalue weighted by Crippen LogP contribution is -2.49. The lowest BCUT2D eigenvalue weighted by Gasteiger charge is -2.29. The molecule has 1 N–H and O–H groups in total. The van der Waals surface area contributed by atoms with Crippen molar-refractivity contribution in [2.45, 2.75) is 30.8 Å². The van der Waals surface area contributed by atoms with Crippen LogP contribution in [0.25, 0.3) is 0 Å². The van der Waals surface area contributed by atoms with E-state index in [4.69, 9.17) is 9.47 Å². The number of hydrogen-bond donors (Lipinski definition) is 1. The Morgan fingerprint density at radius 3 is 2.57 bits per heavy atom. The zero-order chi connectivity index (χ0) is 14.9. The highest BCUT2D eigenvalue weighted by Crippen LogP contribution is 2.35. The average Bonchev–Trinajstić information content (AvgIpc) is 3.29. The first-order valence-corrected chi connectivity index (χ1v) is 7.41. The van der Waals surface area contributed by atoms with Crippen molar-refractivity contribution >= 4 is 11.7 Å². The second kappa shape index (κ2) is 5.56. The molecule has 2 fully saturated rings. The predicted octanol–water partition coefficient (Wildman–Crippen LogP) is 1.89. The average molecular weight is 290 g/mol. The largest absolute Gasteiger partial charge is 0.497 e. The van der Waals surface area contributed by atoms with Gasteiger partial charge in [-0.1, -0.05) is 0 Å². The van der Waals surface area contributed by atoms with E-state index in [-0.39, 0.29) is 5.97 Å². The van der Waals surface area contributed by atoms with E-state index in [1.54, 1.807) is 7.11 Å².